The summed E-state index contributed by atoms with van der Waals surface area (Å²) >= 11 is 0. The molecule has 0 spiro atoms. The predicted octanol–water partition coefficient (Wildman–Crippen LogP) is -1.41. The number of primary amides is 1. The maximum absolute atomic E-state index is 14.6. The summed E-state index contributed by atoms with van der Waals surface area (Å²) in [7, 11) is 0. The van der Waals surface area contributed by atoms with Crippen molar-refractivity contribution in [3.63, 3.8) is 0 Å². The molecule has 13 N–H and O–H groups in total. The van der Waals surface area contributed by atoms with Gasteiger partial charge in [-0.25, -0.2) is 0 Å². The lowest BCUT2D eigenvalue weighted by Gasteiger charge is -2.39. The Morgan fingerprint density at radius 3 is 1.62 bits per heavy atom. The first-order chi connectivity index (χ1) is 41.9. The lowest BCUT2D eigenvalue weighted by molar-refractivity contribution is -0.151. The van der Waals surface area contributed by atoms with Crippen LogP contribution in [0.15, 0.2) is 91.0 Å². The van der Waals surface area contributed by atoms with Gasteiger partial charge in [0, 0.05) is 32.0 Å². The van der Waals surface area contributed by atoms with Crippen molar-refractivity contribution in [1.82, 2.24) is 51.9 Å². The van der Waals surface area contributed by atoms with Crippen LogP contribution in [-0.2, 0) is 76.8 Å². The first-order valence-electron chi connectivity index (χ1n) is 30.0. The summed E-state index contributed by atoms with van der Waals surface area (Å²) in [6, 6.07) is 12.6. The first-order valence-corrected chi connectivity index (χ1v) is 30.0. The van der Waals surface area contributed by atoms with E-state index in [-0.39, 0.29) is 58.0 Å². The zero-order valence-corrected chi connectivity index (χ0v) is 49.9. The fourth-order valence-corrected chi connectivity index (χ4v) is 11.9. The number of aliphatic carboxylic acids is 1. The van der Waals surface area contributed by atoms with Gasteiger partial charge in [0.2, 0.25) is 65.0 Å². The molecule has 26 nitrogen and oxygen atoms in total. The van der Waals surface area contributed by atoms with Crippen LogP contribution in [0.25, 0.3) is 0 Å². The summed E-state index contributed by atoms with van der Waals surface area (Å²) in [6.07, 6.45) is -0.0597. The highest BCUT2D eigenvalue weighted by molar-refractivity contribution is 6.00. The van der Waals surface area contributed by atoms with Gasteiger partial charge in [0.1, 0.15) is 60.4 Å². The zero-order valence-electron chi connectivity index (χ0n) is 49.9. The van der Waals surface area contributed by atoms with Crippen molar-refractivity contribution in [3.05, 3.63) is 108 Å². The fraction of sp³-hybridized carbons (Fsp3) is 0.516. The molecule has 4 aliphatic heterocycles. The van der Waals surface area contributed by atoms with Crippen molar-refractivity contribution in [2.24, 2.45) is 17.4 Å². The molecule has 3 aromatic rings. The molecule has 11 amide bonds. The molecule has 13 atom stereocenters. The van der Waals surface area contributed by atoms with Crippen LogP contribution in [0.5, 0.6) is 0 Å². The Kier molecular flexibility index (Phi) is 23.3. The van der Waals surface area contributed by atoms with Crippen LogP contribution in [0.1, 0.15) is 102 Å². The number of benzene rings is 3. The summed E-state index contributed by atoms with van der Waals surface area (Å²) < 4.78 is 0. The maximum Gasteiger partial charge on any atom is 0.305 e. The SMILES string of the molecule is CC(C)[C@H](NC(=O)[C@@H](N)Cc1ccccc1)C(=O)N1CCC[C@H]1C(=O)N[C@H](C(=O)N[C@@H](CC(=O)O)C(=O)N[C@H]1CC[C@H]2CC[C@@H](C(=O)N3CCC[C@H]3C(=O)N[C@@H](Cc3ccccc3)C(=O)N[C@@H](C)C(=O)N[C@@H](Cc3ccccc3)C(N)=O)N2C1=O)[C@@H](C)O. The van der Waals surface area contributed by atoms with Gasteiger partial charge in [0.25, 0.3) is 0 Å². The summed E-state index contributed by atoms with van der Waals surface area (Å²) in [6.45, 7) is 6.31. The van der Waals surface area contributed by atoms with Gasteiger partial charge < -0.3 is 73.6 Å². The molecule has 4 fully saturated rings. The molecule has 0 aliphatic carbocycles. The highest BCUT2D eigenvalue weighted by atomic mass is 16.4. The monoisotopic (exact) mass is 1220 g/mol. The molecule has 0 aromatic heterocycles. The van der Waals surface area contributed by atoms with E-state index in [0.717, 1.165) is 11.1 Å². The largest absolute Gasteiger partial charge is 0.481 e. The molecule has 7 rings (SSSR count). The molecular formula is C62H82N12O14. The Labute approximate surface area is 510 Å². The molecule has 4 saturated heterocycles. The molecule has 474 valence electrons. The van der Waals surface area contributed by atoms with Crippen molar-refractivity contribution in [2.75, 3.05) is 13.1 Å². The Morgan fingerprint density at radius 1 is 0.545 bits per heavy atom. The van der Waals surface area contributed by atoms with Crippen molar-refractivity contribution in [3.8, 4) is 0 Å². The molecule has 0 unspecified atom stereocenters. The normalized spacial score (nSPS) is 21.6. The third kappa shape index (κ3) is 17.3. The van der Waals surface area contributed by atoms with Gasteiger partial charge in [0.15, 0.2) is 0 Å². The summed E-state index contributed by atoms with van der Waals surface area (Å²) in [5.41, 5.74) is 14.1. The number of hydrogen-bond acceptors (Lipinski definition) is 14. The number of nitrogens with two attached hydrogens (primary N) is 2. The van der Waals surface area contributed by atoms with Gasteiger partial charge in [-0.05, 0) is 94.2 Å². The number of piperidine rings is 1. The molecule has 0 bridgehead atoms. The second-order valence-corrected chi connectivity index (χ2v) is 23.6. The van der Waals surface area contributed by atoms with Crippen molar-refractivity contribution < 1.29 is 67.7 Å². The van der Waals surface area contributed by atoms with E-state index in [9.17, 15) is 67.7 Å². The molecule has 3 aromatic carbocycles. The smallest absolute Gasteiger partial charge is 0.305 e. The lowest BCUT2D eigenvalue weighted by Crippen LogP contribution is -2.63. The minimum absolute atomic E-state index is 0.00129. The average Bonchev–Trinajstić information content (AvgIpc) is 4.16. The van der Waals surface area contributed by atoms with Crippen LogP contribution in [0.2, 0.25) is 0 Å². The number of fused-ring (bicyclic) bond motifs is 1. The van der Waals surface area contributed by atoms with Crippen LogP contribution >= 0.6 is 0 Å². The van der Waals surface area contributed by atoms with E-state index in [1.165, 1.54) is 28.5 Å². The number of aliphatic hydroxyl groups is 1. The number of carbonyl (C=O) groups is 12. The van der Waals surface area contributed by atoms with Crippen LogP contribution in [0, 0.1) is 5.92 Å². The van der Waals surface area contributed by atoms with Gasteiger partial charge in [-0.3, -0.25) is 57.5 Å². The molecule has 4 aliphatic rings. The van der Waals surface area contributed by atoms with Crippen LogP contribution in [0.4, 0.5) is 0 Å². The molecule has 4 heterocycles. The Morgan fingerprint density at radius 2 is 1.07 bits per heavy atom. The number of nitrogens with one attached hydrogen (secondary N) is 7. The summed E-state index contributed by atoms with van der Waals surface area (Å²) in [5, 5.41) is 38.8. The van der Waals surface area contributed by atoms with Gasteiger partial charge in [0.05, 0.1) is 18.6 Å². The topological polar surface area (TPSA) is 391 Å². The van der Waals surface area contributed by atoms with Crippen molar-refractivity contribution in [2.45, 2.75) is 183 Å². The number of nitrogens with zero attached hydrogens (tertiary/aromatic N) is 3. The molecule has 26 heteroatoms. The molecule has 88 heavy (non-hydrogen) atoms. The first kappa shape index (κ1) is 66.7. The van der Waals surface area contributed by atoms with E-state index < -0.39 is 162 Å². The number of likely N-dealkylation sites (tertiary alicyclic amines) is 2. The fourth-order valence-electron chi connectivity index (χ4n) is 11.9. The van der Waals surface area contributed by atoms with Crippen LogP contribution in [0.3, 0.4) is 0 Å². The highest BCUT2D eigenvalue weighted by Crippen LogP contribution is 2.35. The van der Waals surface area contributed by atoms with E-state index in [1.54, 1.807) is 74.5 Å². The van der Waals surface area contributed by atoms with Gasteiger partial charge in [-0.15, -0.1) is 0 Å². The Bertz CT molecular complexity index is 3030. The van der Waals surface area contributed by atoms with Crippen molar-refractivity contribution in [1.29, 1.82) is 0 Å². The van der Waals surface area contributed by atoms with Gasteiger partial charge in [-0.2, -0.15) is 0 Å². The summed E-state index contributed by atoms with van der Waals surface area (Å²) in [5.74, 6) is -10.2. The standard InChI is InChI=1S/C62H82N12O14/c1-34(2)50(70-54(80)41(63)30-37-16-8-5-9-17-37)62(88)73-29-15-23-47(73)58(84)71-51(36(4)75)59(85)69-45(33-49(76)77)56(82)66-42-26-24-40-25-27-48(74(40)60(42)86)61(87)72-28-14-22-46(72)57(83)68-44(32-39-20-12-7-13-21-39)55(81)65-35(3)53(79)67-43(52(64)78)31-38-18-10-6-11-19-38/h5-13,16-21,34-36,40-48,50-51,75H,14-15,22-33,63H2,1-4H3,(H2,64,78)(H,65,81)(H,66,82)(H,67,79)(H,68,83)(H,69,85)(H,70,80)(H,71,84)(H,76,77)/t35-,36+,40-,41-,42-,43-,44-,45-,46-,47-,48-,50-,51-/m0/s1. The van der Waals surface area contributed by atoms with E-state index in [0.29, 0.717) is 31.2 Å². The number of carbonyl (C=O) groups excluding carboxylic acids is 11. The summed E-state index contributed by atoms with van der Waals surface area (Å²) in [4.78, 5) is 169. The van der Waals surface area contributed by atoms with E-state index >= 15 is 0 Å². The number of rotatable bonds is 27. The average molecular weight is 1220 g/mol. The number of carboxylic acid groups (broad SMARTS) is 1. The van der Waals surface area contributed by atoms with Crippen LogP contribution < -0.4 is 48.7 Å². The third-order valence-corrected chi connectivity index (χ3v) is 16.7. The number of amides is 11. The molecule has 0 radical (unpaired) electrons. The quantitative estimate of drug-likeness (QED) is 0.0418. The minimum Gasteiger partial charge on any atom is -0.481 e. The van der Waals surface area contributed by atoms with Crippen LogP contribution in [-0.4, -0.2) is 188 Å². The number of hydrogen-bond donors (Lipinski definition) is 11. The second kappa shape index (κ2) is 30.7. The number of carboxylic acids is 1. The van der Waals surface area contributed by atoms with Gasteiger partial charge >= 0.3 is 5.97 Å². The number of aliphatic hydroxyl groups excluding tert-OH is 1. The lowest BCUT2D eigenvalue weighted by atomic mass is 9.97. The third-order valence-electron chi connectivity index (χ3n) is 16.7. The second-order valence-electron chi connectivity index (χ2n) is 23.6. The molecular weight excluding hydrogens is 1140 g/mol. The van der Waals surface area contributed by atoms with E-state index in [2.05, 4.69) is 37.2 Å². The zero-order chi connectivity index (χ0) is 63.9. The van der Waals surface area contributed by atoms with Crippen molar-refractivity contribution >= 4 is 70.9 Å². The van der Waals surface area contributed by atoms with Gasteiger partial charge in [-0.1, -0.05) is 105 Å². The highest BCUT2D eigenvalue weighted by Gasteiger charge is 2.50. The maximum atomic E-state index is 14.6. The minimum atomic E-state index is -1.84. The van der Waals surface area contributed by atoms with E-state index in [4.69, 9.17) is 11.5 Å². The molecule has 0 saturated carbocycles. The Hall–Kier alpha value is -8.78. The Balaban J connectivity index is 0.964. The predicted molar refractivity (Wildman–Crippen MR) is 318 cm³/mol. The van der Waals surface area contributed by atoms with E-state index in [1.807, 2.05) is 30.3 Å².